The third-order valence-electron chi connectivity index (χ3n) is 7.65. The van der Waals surface area contributed by atoms with Gasteiger partial charge in [-0.05, 0) is 39.5 Å². The Bertz CT molecular complexity index is 821. The van der Waals surface area contributed by atoms with Crippen molar-refractivity contribution in [1.82, 2.24) is 4.90 Å². The first-order valence-corrected chi connectivity index (χ1v) is 14.5. The van der Waals surface area contributed by atoms with Crippen molar-refractivity contribution in [3.8, 4) is 0 Å². The molecule has 0 aromatic rings. The second-order valence-electron chi connectivity index (χ2n) is 10.8. The van der Waals surface area contributed by atoms with Gasteiger partial charge in [0.1, 0.15) is 28.9 Å². The highest BCUT2D eigenvalue weighted by molar-refractivity contribution is 5.96. The van der Waals surface area contributed by atoms with Crippen LogP contribution in [0.5, 0.6) is 0 Å². The van der Waals surface area contributed by atoms with Crippen LogP contribution in [0.3, 0.4) is 0 Å². The molecule has 8 nitrogen and oxygen atoms in total. The number of unbranched alkanes of at least 4 members (excludes halogenated alkanes) is 1. The number of rotatable bonds is 21. The minimum atomic E-state index is -0.690. The zero-order chi connectivity index (χ0) is 28.7. The molecule has 1 amide bonds. The summed E-state index contributed by atoms with van der Waals surface area (Å²) in [5, 5.41) is 0. The Kier molecular flexibility index (Phi) is 16.1. The molecule has 1 aliphatic heterocycles. The number of hydrogen-bond donors (Lipinski definition) is 0. The number of hydrogen-bond acceptors (Lipinski definition) is 7. The quantitative estimate of drug-likeness (QED) is 0.198. The normalized spacial score (nSPS) is 18.7. The molecule has 0 aromatic heterocycles. The predicted molar refractivity (Wildman–Crippen MR) is 146 cm³/mol. The summed E-state index contributed by atoms with van der Waals surface area (Å²) in [7, 11) is 0. The highest BCUT2D eigenvalue weighted by Gasteiger charge is 2.43. The summed E-state index contributed by atoms with van der Waals surface area (Å²) in [5.74, 6) is -2.89. The van der Waals surface area contributed by atoms with Crippen molar-refractivity contribution in [2.24, 2.45) is 23.7 Å². The maximum Gasteiger partial charge on any atom is 0.223 e. The van der Waals surface area contributed by atoms with E-state index in [-0.39, 0.29) is 79.5 Å². The number of ether oxygens (including phenoxy) is 1. The van der Waals surface area contributed by atoms with E-state index in [0.717, 1.165) is 19.3 Å². The lowest BCUT2D eigenvalue weighted by molar-refractivity contribution is -0.134. The Morgan fingerprint density at radius 1 is 0.737 bits per heavy atom. The largest absolute Gasteiger partial charge is 0.381 e. The predicted octanol–water partition coefficient (Wildman–Crippen LogP) is 4.55. The molecule has 4 unspecified atom stereocenters. The van der Waals surface area contributed by atoms with Gasteiger partial charge in [0.05, 0.1) is 0 Å². The third kappa shape index (κ3) is 11.7. The van der Waals surface area contributed by atoms with Crippen LogP contribution in [-0.4, -0.2) is 66.0 Å². The molecule has 0 spiro atoms. The molecule has 0 aromatic carbocycles. The van der Waals surface area contributed by atoms with E-state index < -0.39 is 17.8 Å². The lowest BCUT2D eigenvalue weighted by Crippen LogP contribution is -2.32. The molecule has 0 bridgehead atoms. The number of Topliss-reactive ketones (excluding diaryl/α,β-unsaturated/α-hetero) is 5. The molecule has 38 heavy (non-hydrogen) atoms. The van der Waals surface area contributed by atoms with Crippen LogP contribution < -0.4 is 0 Å². The molecule has 0 radical (unpaired) electrons. The Hall–Kier alpha value is -2.22. The molecular weight excluding hydrogens is 486 g/mol. The summed E-state index contributed by atoms with van der Waals surface area (Å²) in [6, 6.07) is 0. The zero-order valence-electron chi connectivity index (χ0n) is 24.2. The summed E-state index contributed by atoms with van der Waals surface area (Å²) in [6.45, 7) is 10.3. The maximum atomic E-state index is 13.4. The highest BCUT2D eigenvalue weighted by atomic mass is 16.5. The highest BCUT2D eigenvalue weighted by Crippen LogP contribution is 2.31. The molecule has 1 heterocycles. The molecule has 1 rings (SSSR count). The fraction of sp³-hybridized carbons (Fsp3) is 0.800. The molecular formula is C30H49NO7. The molecule has 1 aliphatic rings. The average Bonchev–Trinajstić information content (AvgIpc) is 3.33. The Labute approximate surface area is 228 Å². The van der Waals surface area contributed by atoms with Crippen molar-refractivity contribution in [3.05, 3.63) is 0 Å². The van der Waals surface area contributed by atoms with Gasteiger partial charge in [-0.25, -0.2) is 0 Å². The van der Waals surface area contributed by atoms with Crippen LogP contribution in [0, 0.1) is 23.7 Å². The lowest BCUT2D eigenvalue weighted by atomic mass is 9.80. The fourth-order valence-electron chi connectivity index (χ4n) is 5.07. The smallest absolute Gasteiger partial charge is 0.223 e. The van der Waals surface area contributed by atoms with Crippen LogP contribution >= 0.6 is 0 Å². The molecule has 1 saturated heterocycles. The van der Waals surface area contributed by atoms with Crippen molar-refractivity contribution in [2.45, 2.75) is 105 Å². The van der Waals surface area contributed by atoms with Gasteiger partial charge in [0.15, 0.2) is 0 Å². The Morgan fingerprint density at radius 3 is 1.82 bits per heavy atom. The Morgan fingerprint density at radius 2 is 1.32 bits per heavy atom. The first-order chi connectivity index (χ1) is 18.0. The van der Waals surface area contributed by atoms with E-state index in [9.17, 15) is 28.8 Å². The third-order valence-corrected chi connectivity index (χ3v) is 7.65. The minimum Gasteiger partial charge on any atom is -0.381 e. The van der Waals surface area contributed by atoms with Crippen molar-refractivity contribution < 1.29 is 33.5 Å². The summed E-state index contributed by atoms with van der Waals surface area (Å²) >= 11 is 0. The van der Waals surface area contributed by atoms with Crippen LogP contribution in [0.15, 0.2) is 0 Å². The average molecular weight is 536 g/mol. The Balaban J connectivity index is 2.88. The lowest BCUT2D eigenvalue weighted by Gasteiger charge is -2.20. The van der Waals surface area contributed by atoms with Gasteiger partial charge in [0.2, 0.25) is 5.91 Å². The second-order valence-corrected chi connectivity index (χ2v) is 10.8. The minimum absolute atomic E-state index is 0.00892. The van der Waals surface area contributed by atoms with Gasteiger partial charge in [-0.15, -0.1) is 0 Å². The van der Waals surface area contributed by atoms with Crippen LogP contribution in [0.25, 0.3) is 0 Å². The van der Waals surface area contributed by atoms with Gasteiger partial charge in [0, 0.05) is 82.1 Å². The summed E-state index contributed by atoms with van der Waals surface area (Å²) in [4.78, 5) is 77.5. The molecule has 0 N–H and O–H groups in total. The van der Waals surface area contributed by atoms with Gasteiger partial charge in [-0.3, -0.25) is 28.8 Å². The summed E-state index contributed by atoms with van der Waals surface area (Å²) in [6.07, 6.45) is 5.07. The van der Waals surface area contributed by atoms with Crippen LogP contribution in [0.2, 0.25) is 0 Å². The van der Waals surface area contributed by atoms with Crippen LogP contribution in [0.4, 0.5) is 0 Å². The first-order valence-electron chi connectivity index (χ1n) is 14.5. The van der Waals surface area contributed by atoms with E-state index in [1.165, 1.54) is 18.7 Å². The topological polar surface area (TPSA) is 115 Å². The number of ketones is 5. The maximum absolute atomic E-state index is 13.4. The molecule has 1 fully saturated rings. The van der Waals surface area contributed by atoms with Gasteiger partial charge in [0.25, 0.3) is 0 Å². The zero-order valence-corrected chi connectivity index (χ0v) is 24.2. The summed E-state index contributed by atoms with van der Waals surface area (Å²) < 4.78 is 5.39. The summed E-state index contributed by atoms with van der Waals surface area (Å²) in [5.41, 5.74) is 0. The molecule has 216 valence electrons. The second kappa shape index (κ2) is 18.1. The van der Waals surface area contributed by atoms with Crippen molar-refractivity contribution in [2.75, 3.05) is 26.3 Å². The molecule has 8 heteroatoms. The van der Waals surface area contributed by atoms with E-state index in [0.29, 0.717) is 38.9 Å². The SMILES string of the molecule is CCCCC(CC(=O)C1CN(C(=O)CCC(=O)CCCOCCC)CC1C(=O)CC(CC)C(C)=O)C(C)=O. The standard InChI is InChI=1S/C30H49NO7/c1-6-9-11-24(22(5)33)18-29(36)27-20-31(19-26(27)28(35)17-23(8-3)21(4)32)30(37)14-13-25(34)12-10-16-38-15-7-2/h23-24,26-27H,6-20H2,1-5H3. The van der Waals surface area contributed by atoms with Crippen molar-refractivity contribution in [1.29, 1.82) is 0 Å². The van der Waals surface area contributed by atoms with Gasteiger partial charge in [-0.2, -0.15) is 0 Å². The van der Waals surface area contributed by atoms with E-state index in [2.05, 4.69) is 0 Å². The monoisotopic (exact) mass is 535 g/mol. The van der Waals surface area contributed by atoms with Crippen molar-refractivity contribution >= 4 is 34.8 Å². The van der Waals surface area contributed by atoms with Crippen molar-refractivity contribution in [3.63, 3.8) is 0 Å². The fourth-order valence-corrected chi connectivity index (χ4v) is 5.07. The van der Waals surface area contributed by atoms with Crippen LogP contribution in [-0.2, 0) is 33.5 Å². The van der Waals surface area contributed by atoms with E-state index in [4.69, 9.17) is 4.74 Å². The number of amides is 1. The number of carbonyl (C=O) groups excluding carboxylic acids is 6. The van der Waals surface area contributed by atoms with E-state index >= 15 is 0 Å². The molecule has 0 saturated carbocycles. The van der Waals surface area contributed by atoms with E-state index in [1.807, 2.05) is 20.8 Å². The van der Waals surface area contributed by atoms with Gasteiger partial charge < -0.3 is 9.64 Å². The first kappa shape index (κ1) is 33.8. The van der Waals surface area contributed by atoms with E-state index in [1.54, 1.807) is 0 Å². The number of carbonyl (C=O) groups is 6. The number of nitrogens with zero attached hydrogens (tertiary/aromatic N) is 1. The van der Waals surface area contributed by atoms with Crippen LogP contribution in [0.1, 0.15) is 105 Å². The van der Waals surface area contributed by atoms with Gasteiger partial charge >= 0.3 is 0 Å². The molecule has 4 atom stereocenters. The molecule has 0 aliphatic carbocycles. The number of likely N-dealkylation sites (tertiary alicyclic amines) is 1. The van der Waals surface area contributed by atoms with Gasteiger partial charge in [-0.1, -0.05) is 33.6 Å².